The maximum Gasteiger partial charge on any atom is 1.00 e. The summed E-state index contributed by atoms with van der Waals surface area (Å²) in [7, 11) is 0. The van der Waals surface area contributed by atoms with Gasteiger partial charge in [0.15, 0.2) is 0 Å². The van der Waals surface area contributed by atoms with Gasteiger partial charge >= 0.3 is 103 Å². The van der Waals surface area contributed by atoms with Crippen LogP contribution in [0.2, 0.25) is 15.1 Å². The Morgan fingerprint density at radius 2 is 0.776 bits per heavy atom. The summed E-state index contributed by atoms with van der Waals surface area (Å²) in [5, 5.41) is 30.4. The van der Waals surface area contributed by atoms with E-state index in [-0.39, 0.29) is 128 Å². The van der Waals surface area contributed by atoms with Crippen LogP contribution < -0.4 is 153 Å². The molecule has 0 bridgehead atoms. The molecule has 0 atom stereocenters. The summed E-state index contributed by atoms with van der Waals surface area (Å²) < 4.78 is 0. The van der Waals surface area contributed by atoms with Gasteiger partial charge in [-0.3, -0.25) is 58.7 Å². The fraction of sp³-hybridized carbons (Fsp3) is 0.158. The van der Waals surface area contributed by atoms with Gasteiger partial charge in [0.25, 0.3) is 36.0 Å². The molecule has 0 saturated heterocycles. The normalized spacial score (nSPS) is 10.4. The van der Waals surface area contributed by atoms with Gasteiger partial charge in [-0.05, 0) is 201 Å². The number of fused-ring (bicyclic) bond motifs is 3. The Labute approximate surface area is 716 Å². The standard InChI is InChI=1S/2C25H23ClN6O2.C25H21ClN6O.CH2O3.2K.H/c2*1-13-5-22(27)32-14(2)21(13)12-31-25(34)16-3-4-29-19(10-16)7-15-6-17-9-18(26)11-30-23(17)20(8-15)24(28)33;1-14-5-23(28)32-15(2)22(14)13-31-25(33)17-3-4-29-21(10-17)8-16-6-18-9-20(26)12-30-24(18)19(7-16)11-27;2-1-4-3;;;/h2*3-6,8-11H,7,12H2,1-2H3,(H2,27,32)(H2,28,33)(H,31,34);3-7,9-10,12H,8,13H2,1-2H3,(H2,28,32)(H,31,33);1,3H;;;/q;;;;2*+1;-1/p-1. The zero-order valence-corrected chi connectivity index (χ0v) is 67.9. The Balaban J connectivity index is 0.000000244. The summed E-state index contributed by atoms with van der Waals surface area (Å²) in [4.78, 5) is 112. The molecule has 107 heavy (non-hydrogen) atoms. The van der Waals surface area contributed by atoms with Crippen molar-refractivity contribution in [2.24, 2.45) is 11.5 Å². The van der Waals surface area contributed by atoms with Crippen molar-refractivity contribution in [3.05, 3.63) is 279 Å². The summed E-state index contributed by atoms with van der Waals surface area (Å²) in [5.74, 6) is -0.453. The first-order valence-electron chi connectivity index (χ1n) is 32.0. The number of nitrogen functional groups attached to an aromatic ring is 3. The van der Waals surface area contributed by atoms with Crippen LogP contribution in [0, 0.1) is 52.9 Å². The fourth-order valence-corrected chi connectivity index (χ4v) is 12.2. The maximum absolute atomic E-state index is 12.8. The number of anilines is 3. The second kappa shape index (κ2) is 39.5. The number of amides is 5. The number of nitrogens with zero attached hydrogens (tertiary/aromatic N) is 10. The summed E-state index contributed by atoms with van der Waals surface area (Å²) in [6, 6.07) is 33.8. The molecule has 31 heteroatoms. The van der Waals surface area contributed by atoms with E-state index in [1.807, 2.05) is 59.7 Å². The average molecular weight is 1550 g/mol. The molecule has 0 fully saturated rings. The number of nitrogens with one attached hydrogen (secondary N) is 3. The number of aryl methyl sites for hydroxylation is 6. The molecule has 0 aliphatic rings. The number of benzene rings is 3. The molecule has 26 nitrogen and oxygen atoms in total. The number of nitrogens with two attached hydrogens (primary N) is 5. The van der Waals surface area contributed by atoms with Crippen molar-refractivity contribution < 1.29 is 143 Å². The minimum Gasteiger partial charge on any atom is -1.00 e. The SMILES string of the molecule is Cc1cc(N)nc(C)c1CNC(=O)c1ccnc(Cc2cc(C#N)c3ncc(Cl)cc3c2)c1.Cc1cc(N)nc(C)c1CNC(=O)c1ccnc(Cc2cc(C(N)=O)c3ncc(Cl)cc3c2)c1.Cc1cc(N)nc(C)c1CNC(=O)c1ccnc(Cc2cc(C(N)=O)c3ncc(Cl)cc3c2)c1.O=CO[O-].[H-].[K+].[K+]. The van der Waals surface area contributed by atoms with Crippen LogP contribution in [0.3, 0.4) is 0 Å². The topological polar surface area (TPSA) is 441 Å². The van der Waals surface area contributed by atoms with E-state index in [0.29, 0.717) is 149 Å². The number of halogens is 3. The van der Waals surface area contributed by atoms with Gasteiger partial charge in [-0.15, -0.1) is 0 Å². The molecule has 0 unspecified atom stereocenters. The zero-order chi connectivity index (χ0) is 75.8. The first kappa shape index (κ1) is 84.9. The molecule has 3 aromatic carbocycles. The van der Waals surface area contributed by atoms with Crippen molar-refractivity contribution >= 4 is 121 Å². The van der Waals surface area contributed by atoms with Gasteiger partial charge in [0.2, 0.25) is 0 Å². The van der Waals surface area contributed by atoms with Crippen molar-refractivity contribution in [3.63, 3.8) is 0 Å². The van der Waals surface area contributed by atoms with E-state index in [1.165, 1.54) is 18.6 Å². The van der Waals surface area contributed by atoms with Crippen LogP contribution in [-0.4, -0.2) is 80.9 Å². The summed E-state index contributed by atoms with van der Waals surface area (Å²) in [6.45, 7) is 12.3. The molecule has 12 aromatic rings. The Morgan fingerprint density at radius 3 is 1.07 bits per heavy atom. The minimum atomic E-state index is -0.578. The van der Waals surface area contributed by atoms with Crippen LogP contribution in [0.5, 0.6) is 0 Å². The maximum atomic E-state index is 12.8. The van der Waals surface area contributed by atoms with Gasteiger partial charge in [0, 0.05) is 143 Å². The Morgan fingerprint density at radius 1 is 0.477 bits per heavy atom. The third-order valence-electron chi connectivity index (χ3n) is 16.5. The molecule has 9 aromatic heterocycles. The molecular formula is C76H69Cl3K2N18O8. The number of nitriles is 1. The Bertz CT molecular complexity index is 5160. The molecule has 0 spiro atoms. The van der Waals surface area contributed by atoms with Gasteiger partial charge in [-0.2, -0.15) is 5.26 Å². The smallest absolute Gasteiger partial charge is 1.00 e. The average Bonchev–Trinajstić information content (AvgIpc) is 0.794. The molecule has 12 rings (SSSR count). The molecule has 534 valence electrons. The van der Waals surface area contributed by atoms with Crippen LogP contribution in [0.1, 0.15) is 143 Å². The van der Waals surface area contributed by atoms with Crippen LogP contribution in [0.25, 0.3) is 32.7 Å². The first-order valence-corrected chi connectivity index (χ1v) is 33.1. The monoisotopic (exact) mass is 1540 g/mol. The van der Waals surface area contributed by atoms with Gasteiger partial charge in [-0.1, -0.05) is 34.8 Å². The number of pyridine rings is 9. The minimum absolute atomic E-state index is 0. The van der Waals surface area contributed by atoms with Gasteiger partial charge < -0.3 is 56.2 Å². The van der Waals surface area contributed by atoms with E-state index in [0.717, 1.165) is 72.5 Å². The summed E-state index contributed by atoms with van der Waals surface area (Å²) in [6.07, 6.45) is 10.5. The predicted molar refractivity (Wildman–Crippen MR) is 399 cm³/mol. The quantitative estimate of drug-likeness (QED) is 0.0262. The molecular weight excluding hydrogens is 1480 g/mol. The molecule has 0 aliphatic heterocycles. The van der Waals surface area contributed by atoms with E-state index in [4.69, 9.17) is 73.5 Å². The third kappa shape index (κ3) is 23.1. The fourth-order valence-electron chi connectivity index (χ4n) is 11.7. The van der Waals surface area contributed by atoms with Gasteiger partial charge in [0.1, 0.15) is 23.5 Å². The number of hydrogen-bond donors (Lipinski definition) is 8. The molecule has 5 amide bonds. The van der Waals surface area contributed by atoms with E-state index in [2.05, 4.69) is 71.8 Å². The number of hydrogen-bond acceptors (Lipinski definition) is 21. The number of aromatic nitrogens is 9. The summed E-state index contributed by atoms with van der Waals surface area (Å²) in [5.41, 5.74) is 45.2. The number of rotatable bonds is 18. The van der Waals surface area contributed by atoms with Crippen molar-refractivity contribution in [3.8, 4) is 6.07 Å². The van der Waals surface area contributed by atoms with Gasteiger partial charge in [0.05, 0.1) is 48.3 Å². The Kier molecular flexibility index (Phi) is 31.3. The second-order valence-corrected chi connectivity index (χ2v) is 25.4. The van der Waals surface area contributed by atoms with Crippen molar-refractivity contribution in [2.45, 2.75) is 80.4 Å². The Hall–Kier alpha value is -9.40. The summed E-state index contributed by atoms with van der Waals surface area (Å²) >= 11 is 18.2. The second-order valence-electron chi connectivity index (χ2n) is 24.1. The van der Waals surface area contributed by atoms with Crippen LogP contribution >= 0.6 is 34.8 Å². The van der Waals surface area contributed by atoms with Crippen molar-refractivity contribution in [2.75, 3.05) is 17.2 Å². The van der Waals surface area contributed by atoms with E-state index >= 15 is 0 Å². The number of carbonyl (C=O) groups is 6. The van der Waals surface area contributed by atoms with Crippen LogP contribution in [0.15, 0.2) is 146 Å². The number of carbonyl (C=O) groups excluding carboxylic acids is 6. The van der Waals surface area contributed by atoms with Crippen LogP contribution in [-0.2, 0) is 48.6 Å². The number of primary amides is 2. The molecule has 0 saturated carbocycles. The van der Waals surface area contributed by atoms with Crippen LogP contribution in [0.4, 0.5) is 17.5 Å². The van der Waals surface area contributed by atoms with Crippen molar-refractivity contribution in [1.82, 2.24) is 60.8 Å². The van der Waals surface area contributed by atoms with Crippen molar-refractivity contribution in [1.29, 1.82) is 5.26 Å². The predicted octanol–water partition coefficient (Wildman–Crippen LogP) is 3.82. The first-order chi connectivity index (χ1) is 50.2. The largest absolute Gasteiger partial charge is 1.00 e. The molecule has 9 heterocycles. The molecule has 0 aliphatic carbocycles. The zero-order valence-electron chi connectivity index (χ0n) is 60.4. The molecule has 13 N–H and O–H groups in total. The van der Waals surface area contributed by atoms with E-state index < -0.39 is 11.8 Å². The van der Waals surface area contributed by atoms with E-state index in [1.54, 1.807) is 110 Å². The third-order valence-corrected chi connectivity index (χ3v) is 17.1. The van der Waals surface area contributed by atoms with E-state index in [9.17, 15) is 29.2 Å². The molecule has 0 radical (unpaired) electrons. The van der Waals surface area contributed by atoms with Gasteiger partial charge in [-0.25, -0.2) is 15.0 Å².